The second kappa shape index (κ2) is 5.56. The van der Waals surface area contributed by atoms with E-state index in [1.54, 1.807) is 17.9 Å². The number of amides is 1. The highest BCUT2D eigenvalue weighted by atomic mass is 16.2. The minimum atomic E-state index is -0.242. The van der Waals surface area contributed by atoms with Crippen LogP contribution in [0.1, 0.15) is 46.8 Å². The highest BCUT2D eigenvalue weighted by Crippen LogP contribution is 2.42. The zero-order valence-corrected chi connectivity index (χ0v) is 14.6. The van der Waals surface area contributed by atoms with E-state index in [4.69, 9.17) is 0 Å². The molecule has 1 saturated carbocycles. The van der Waals surface area contributed by atoms with Crippen molar-refractivity contribution in [3.63, 3.8) is 0 Å². The van der Waals surface area contributed by atoms with Crippen LogP contribution in [0, 0.1) is 0 Å². The minimum absolute atomic E-state index is 0.0650. The number of nitrogens with one attached hydrogen (secondary N) is 1. The number of benzene rings is 1. The van der Waals surface area contributed by atoms with Crippen LogP contribution in [0.3, 0.4) is 0 Å². The van der Waals surface area contributed by atoms with E-state index in [1.807, 2.05) is 17.0 Å². The van der Waals surface area contributed by atoms with E-state index in [2.05, 4.69) is 22.2 Å². The lowest BCUT2D eigenvalue weighted by Gasteiger charge is -2.30. The van der Waals surface area contributed by atoms with E-state index in [-0.39, 0.29) is 29.0 Å². The average Bonchev–Trinajstić information content (AvgIpc) is 3.28. The minimum Gasteiger partial charge on any atom is -0.345 e. The van der Waals surface area contributed by atoms with Crippen LogP contribution < -0.4 is 5.43 Å². The van der Waals surface area contributed by atoms with E-state index < -0.39 is 0 Å². The van der Waals surface area contributed by atoms with E-state index in [1.165, 1.54) is 17.3 Å². The van der Waals surface area contributed by atoms with Crippen LogP contribution in [0.25, 0.3) is 11.0 Å². The summed E-state index contributed by atoms with van der Waals surface area (Å²) in [6.07, 6.45) is 7.00. The molecule has 132 valence electrons. The largest absolute Gasteiger partial charge is 0.345 e. The second-order valence-corrected chi connectivity index (χ2v) is 7.26. The monoisotopic (exact) mass is 348 g/mol. The summed E-state index contributed by atoms with van der Waals surface area (Å²) in [6, 6.07) is 8.63. The van der Waals surface area contributed by atoms with Crippen molar-refractivity contribution in [3.8, 4) is 0 Å². The summed E-state index contributed by atoms with van der Waals surface area (Å²) >= 11 is 0. The molecule has 2 aliphatic carbocycles. The predicted octanol–water partition coefficient (Wildman–Crippen LogP) is 2.55. The smallest absolute Gasteiger partial charge is 0.260 e. The maximum absolute atomic E-state index is 13.4. The summed E-state index contributed by atoms with van der Waals surface area (Å²) in [4.78, 5) is 31.3. The van der Waals surface area contributed by atoms with Gasteiger partial charge in [-0.1, -0.05) is 24.3 Å². The van der Waals surface area contributed by atoms with Crippen molar-refractivity contribution in [1.82, 2.24) is 19.7 Å². The Labute approximate surface area is 150 Å². The van der Waals surface area contributed by atoms with Crippen molar-refractivity contribution in [2.45, 2.75) is 37.8 Å². The molecule has 6 heteroatoms. The van der Waals surface area contributed by atoms with Crippen molar-refractivity contribution in [2.24, 2.45) is 7.05 Å². The van der Waals surface area contributed by atoms with Crippen molar-refractivity contribution in [2.75, 3.05) is 0 Å². The number of fused-ring (bicyclic) bond motifs is 2. The van der Waals surface area contributed by atoms with Gasteiger partial charge in [0.05, 0.1) is 17.6 Å². The van der Waals surface area contributed by atoms with Crippen LogP contribution in [0.2, 0.25) is 0 Å². The van der Waals surface area contributed by atoms with Crippen LogP contribution in [0.15, 0.2) is 41.5 Å². The summed E-state index contributed by atoms with van der Waals surface area (Å²) in [6.45, 7) is 0. The number of hydrogen-bond acceptors (Lipinski definition) is 3. The highest BCUT2D eigenvalue weighted by molar-refractivity contribution is 5.97. The zero-order valence-electron chi connectivity index (χ0n) is 14.6. The van der Waals surface area contributed by atoms with Crippen molar-refractivity contribution >= 4 is 16.9 Å². The van der Waals surface area contributed by atoms with Gasteiger partial charge in [0.2, 0.25) is 5.43 Å². The third kappa shape index (κ3) is 2.21. The SMILES string of the molecule is Cn1ncc2c(=O)c(C(=O)N(C3CC3)[C@@H]3CCc4ccccc43)c[nH]c21. The maximum atomic E-state index is 13.4. The van der Waals surface area contributed by atoms with Gasteiger partial charge in [-0.3, -0.25) is 14.3 Å². The third-order valence-corrected chi connectivity index (χ3v) is 5.62. The fraction of sp³-hybridized carbons (Fsp3) is 0.350. The van der Waals surface area contributed by atoms with E-state index in [0.717, 1.165) is 25.7 Å². The molecule has 3 aromatic rings. The molecule has 1 N–H and O–H groups in total. The van der Waals surface area contributed by atoms with Gasteiger partial charge in [0.15, 0.2) is 0 Å². The molecule has 5 rings (SSSR count). The Balaban J connectivity index is 1.58. The standard InChI is InChI=1S/C20H20N4O2/c1-23-19-15(11-22-23)18(25)16(10-21-19)20(26)24(13-7-8-13)17-9-6-12-4-2-3-5-14(12)17/h2-5,10-11,13,17H,6-9H2,1H3,(H,21,25)/t17-/m1/s1. The molecule has 6 nitrogen and oxygen atoms in total. The summed E-state index contributed by atoms with van der Waals surface area (Å²) in [5.41, 5.74) is 3.14. The van der Waals surface area contributed by atoms with Crippen LogP contribution in [0.5, 0.6) is 0 Å². The van der Waals surface area contributed by atoms with E-state index in [0.29, 0.717) is 11.0 Å². The van der Waals surface area contributed by atoms with Crippen molar-refractivity contribution in [1.29, 1.82) is 0 Å². The lowest BCUT2D eigenvalue weighted by molar-refractivity contribution is 0.0656. The molecule has 2 aromatic heterocycles. The van der Waals surface area contributed by atoms with Gasteiger partial charge in [0.1, 0.15) is 11.2 Å². The lowest BCUT2D eigenvalue weighted by Crippen LogP contribution is -2.38. The third-order valence-electron chi connectivity index (χ3n) is 5.62. The van der Waals surface area contributed by atoms with E-state index in [9.17, 15) is 9.59 Å². The number of pyridine rings is 1. The molecule has 2 heterocycles. The first-order chi connectivity index (χ1) is 12.6. The second-order valence-electron chi connectivity index (χ2n) is 7.26. The number of aryl methyl sites for hydroxylation is 2. The molecule has 0 saturated heterocycles. The van der Waals surface area contributed by atoms with Gasteiger partial charge in [-0.15, -0.1) is 0 Å². The fourth-order valence-corrected chi connectivity index (χ4v) is 4.16. The normalized spacial score (nSPS) is 18.9. The number of rotatable bonds is 3. The number of H-pyrrole nitrogens is 1. The zero-order chi connectivity index (χ0) is 17.8. The topological polar surface area (TPSA) is 71.0 Å². The summed E-state index contributed by atoms with van der Waals surface area (Å²) < 4.78 is 1.61. The Bertz CT molecular complexity index is 1080. The number of nitrogens with zero attached hydrogens (tertiary/aromatic N) is 3. The molecule has 0 spiro atoms. The molecule has 2 aliphatic rings. The molecule has 0 bridgehead atoms. The van der Waals surface area contributed by atoms with Gasteiger partial charge >= 0.3 is 0 Å². The predicted molar refractivity (Wildman–Crippen MR) is 98.0 cm³/mol. The maximum Gasteiger partial charge on any atom is 0.260 e. The number of hydrogen-bond donors (Lipinski definition) is 1. The van der Waals surface area contributed by atoms with Gasteiger partial charge in [0.25, 0.3) is 5.91 Å². The molecular formula is C20H20N4O2. The van der Waals surface area contributed by atoms with Crippen LogP contribution in [-0.4, -0.2) is 31.6 Å². The molecule has 1 aromatic carbocycles. The Morgan fingerprint density at radius 2 is 2.08 bits per heavy atom. The molecule has 0 unspecified atom stereocenters. The van der Waals surface area contributed by atoms with Gasteiger partial charge in [-0.2, -0.15) is 5.10 Å². The lowest BCUT2D eigenvalue weighted by atomic mass is 10.1. The number of aromatic amines is 1. The van der Waals surface area contributed by atoms with Crippen LogP contribution in [0.4, 0.5) is 0 Å². The van der Waals surface area contributed by atoms with Crippen LogP contribution >= 0.6 is 0 Å². The van der Waals surface area contributed by atoms with Gasteiger partial charge in [-0.05, 0) is 36.8 Å². The Morgan fingerprint density at radius 1 is 1.27 bits per heavy atom. The fourth-order valence-electron chi connectivity index (χ4n) is 4.16. The van der Waals surface area contributed by atoms with Crippen molar-refractivity contribution < 1.29 is 4.79 Å². The average molecular weight is 348 g/mol. The number of aromatic nitrogens is 3. The van der Waals surface area contributed by atoms with Gasteiger partial charge < -0.3 is 9.88 Å². The Morgan fingerprint density at radius 3 is 2.88 bits per heavy atom. The van der Waals surface area contributed by atoms with Crippen molar-refractivity contribution in [3.05, 3.63) is 63.6 Å². The highest BCUT2D eigenvalue weighted by Gasteiger charge is 2.41. The summed E-state index contributed by atoms with van der Waals surface area (Å²) in [7, 11) is 1.77. The molecule has 0 radical (unpaired) electrons. The van der Waals surface area contributed by atoms with E-state index >= 15 is 0 Å². The molecule has 0 aliphatic heterocycles. The van der Waals surface area contributed by atoms with Crippen LogP contribution in [-0.2, 0) is 13.5 Å². The van der Waals surface area contributed by atoms with Gasteiger partial charge in [-0.25, -0.2) is 0 Å². The molecule has 26 heavy (non-hydrogen) atoms. The first-order valence-corrected chi connectivity index (χ1v) is 9.09. The molecular weight excluding hydrogens is 328 g/mol. The number of carbonyl (C=O) groups is 1. The first-order valence-electron chi connectivity index (χ1n) is 9.09. The molecule has 1 amide bonds. The number of carbonyl (C=O) groups excluding carboxylic acids is 1. The van der Waals surface area contributed by atoms with Gasteiger partial charge in [0, 0.05) is 19.3 Å². The summed E-state index contributed by atoms with van der Waals surface area (Å²) in [5, 5.41) is 4.58. The Kier molecular flexibility index (Phi) is 3.29. The Hall–Kier alpha value is -2.89. The summed E-state index contributed by atoms with van der Waals surface area (Å²) in [5.74, 6) is -0.166. The first kappa shape index (κ1) is 15.4. The molecule has 1 fully saturated rings. The quantitative estimate of drug-likeness (QED) is 0.791. The molecule has 1 atom stereocenters.